The molecule has 0 bridgehead atoms. The Morgan fingerprint density at radius 2 is 1.08 bits per heavy atom. The van der Waals surface area contributed by atoms with Crippen LogP contribution in [0.5, 0.6) is 0 Å². The lowest BCUT2D eigenvalue weighted by Gasteiger charge is -2.16. The van der Waals surface area contributed by atoms with E-state index in [1.54, 1.807) is 6.08 Å². The lowest BCUT2D eigenvalue weighted by molar-refractivity contribution is -0.198. The second kappa shape index (κ2) is 30.5. The smallest absolute Gasteiger partial charge is 0.335 e. The minimum Gasteiger partial charge on any atom is -0.379 e. The number of carbonyl (C=O) groups excluding carboxylic acids is 5. The third-order valence-electron chi connectivity index (χ3n) is 6.45. The van der Waals surface area contributed by atoms with Gasteiger partial charge in [-0.3, -0.25) is 19.2 Å². The first-order chi connectivity index (χ1) is 24.3. The van der Waals surface area contributed by atoms with Gasteiger partial charge in [-0.25, -0.2) is 4.79 Å². The van der Waals surface area contributed by atoms with Crippen LogP contribution in [-0.4, -0.2) is 158 Å². The highest BCUT2D eigenvalue weighted by Crippen LogP contribution is 2.13. The van der Waals surface area contributed by atoms with E-state index in [1.165, 1.54) is 11.0 Å². The van der Waals surface area contributed by atoms with Crippen LogP contribution < -0.4 is 5.32 Å². The molecule has 0 atom stereocenters. The number of rotatable bonds is 30. The topological polar surface area (TPSA) is 187 Å². The van der Waals surface area contributed by atoms with Crippen molar-refractivity contribution in [3.8, 4) is 0 Å². The number of nitrogens with zero attached hydrogens (tertiary/aromatic N) is 2. The molecular formula is C33H55N3O14. The maximum atomic E-state index is 11.7. The number of ether oxygens (including phenoxy) is 8. The summed E-state index contributed by atoms with van der Waals surface area (Å²) in [6, 6.07) is 0. The Morgan fingerprint density at radius 3 is 1.52 bits per heavy atom. The van der Waals surface area contributed by atoms with Gasteiger partial charge >= 0.3 is 5.97 Å². The Bertz CT molecular complexity index is 992. The molecule has 17 heteroatoms. The highest BCUT2D eigenvalue weighted by atomic mass is 16.7. The Kier molecular flexibility index (Phi) is 27.3. The molecule has 0 aromatic rings. The van der Waals surface area contributed by atoms with Crippen LogP contribution >= 0.6 is 0 Å². The van der Waals surface area contributed by atoms with Crippen LogP contribution in [0.3, 0.4) is 0 Å². The highest BCUT2D eigenvalue weighted by molar-refractivity contribution is 6.01. The summed E-state index contributed by atoms with van der Waals surface area (Å²) in [4.78, 5) is 63.4. The van der Waals surface area contributed by atoms with Crippen LogP contribution in [0.4, 0.5) is 0 Å². The predicted molar refractivity (Wildman–Crippen MR) is 177 cm³/mol. The maximum absolute atomic E-state index is 11.7. The van der Waals surface area contributed by atoms with Gasteiger partial charge in [-0.05, 0) is 19.9 Å². The molecule has 286 valence electrons. The highest BCUT2D eigenvalue weighted by Gasteiger charge is 2.32. The Hall–Kier alpha value is -3.29. The van der Waals surface area contributed by atoms with E-state index in [0.29, 0.717) is 123 Å². The van der Waals surface area contributed by atoms with Gasteiger partial charge in [-0.1, -0.05) is 6.58 Å². The number of imide groups is 1. The second-order valence-corrected chi connectivity index (χ2v) is 10.3. The molecule has 0 aromatic carbocycles. The van der Waals surface area contributed by atoms with Gasteiger partial charge < -0.3 is 52.9 Å². The molecule has 2 rings (SSSR count). The zero-order valence-corrected chi connectivity index (χ0v) is 29.5. The number of hydrogen-bond acceptors (Lipinski definition) is 14. The molecule has 50 heavy (non-hydrogen) atoms. The summed E-state index contributed by atoms with van der Waals surface area (Å²) in [6.07, 6.45) is 3.44. The van der Waals surface area contributed by atoms with Crippen LogP contribution in [0.1, 0.15) is 39.5 Å². The summed E-state index contributed by atoms with van der Waals surface area (Å²) in [7, 11) is 0. The van der Waals surface area contributed by atoms with E-state index >= 15 is 0 Å². The third-order valence-corrected chi connectivity index (χ3v) is 6.45. The molecule has 0 aromatic heterocycles. The van der Waals surface area contributed by atoms with Crippen LogP contribution in [0, 0.1) is 0 Å². The molecule has 0 radical (unpaired) electrons. The fraction of sp³-hybridized carbons (Fsp3) is 0.727. The van der Waals surface area contributed by atoms with Gasteiger partial charge in [0, 0.05) is 57.3 Å². The van der Waals surface area contributed by atoms with Crippen LogP contribution in [0.25, 0.3) is 0 Å². The zero-order valence-electron chi connectivity index (χ0n) is 29.5. The first-order valence-corrected chi connectivity index (χ1v) is 16.9. The van der Waals surface area contributed by atoms with E-state index in [0.717, 1.165) is 0 Å². The SMILES string of the molecule is C=C1C=CC(=O)N1CCC(=O)NCCOCCOCCOCCOCC.CCOCCOCCOCCOCCC(=O)ON1C(=O)CCC1=O. The summed E-state index contributed by atoms with van der Waals surface area (Å²) >= 11 is 0. The lowest BCUT2D eigenvalue weighted by Crippen LogP contribution is -2.32. The minimum absolute atomic E-state index is 0.0440. The Labute approximate surface area is 294 Å². The van der Waals surface area contributed by atoms with Gasteiger partial charge in [0.05, 0.1) is 98.9 Å². The van der Waals surface area contributed by atoms with E-state index in [4.69, 9.17) is 42.7 Å². The fourth-order valence-corrected chi connectivity index (χ4v) is 3.88. The normalized spacial score (nSPS) is 14.0. The largest absolute Gasteiger partial charge is 0.379 e. The zero-order chi connectivity index (χ0) is 36.7. The Morgan fingerprint density at radius 1 is 0.640 bits per heavy atom. The maximum Gasteiger partial charge on any atom is 0.335 e. The first-order valence-electron chi connectivity index (χ1n) is 16.9. The van der Waals surface area contributed by atoms with Crippen molar-refractivity contribution in [3.05, 3.63) is 24.4 Å². The third kappa shape index (κ3) is 23.2. The van der Waals surface area contributed by atoms with Crippen LogP contribution in [0.2, 0.25) is 0 Å². The molecule has 17 nitrogen and oxygen atoms in total. The molecule has 2 aliphatic heterocycles. The van der Waals surface area contributed by atoms with Gasteiger partial charge in [0.2, 0.25) is 5.91 Å². The van der Waals surface area contributed by atoms with Crippen molar-refractivity contribution in [2.24, 2.45) is 0 Å². The van der Waals surface area contributed by atoms with E-state index in [-0.39, 0.29) is 44.1 Å². The van der Waals surface area contributed by atoms with Crippen molar-refractivity contribution in [1.82, 2.24) is 15.3 Å². The van der Waals surface area contributed by atoms with Gasteiger partial charge in [0.15, 0.2) is 0 Å². The molecule has 1 saturated heterocycles. The molecule has 0 saturated carbocycles. The fourth-order valence-electron chi connectivity index (χ4n) is 3.88. The summed E-state index contributed by atoms with van der Waals surface area (Å²) in [6.45, 7) is 16.2. The summed E-state index contributed by atoms with van der Waals surface area (Å²) in [5, 5.41) is 3.27. The van der Waals surface area contributed by atoms with E-state index in [9.17, 15) is 24.0 Å². The number of amides is 4. The summed E-state index contributed by atoms with van der Waals surface area (Å²) in [5.74, 6) is -1.92. The molecule has 2 heterocycles. The molecular weight excluding hydrogens is 662 g/mol. The second-order valence-electron chi connectivity index (χ2n) is 10.3. The molecule has 0 spiro atoms. The molecule has 2 aliphatic rings. The summed E-state index contributed by atoms with van der Waals surface area (Å²) in [5.41, 5.74) is 0.617. The molecule has 1 N–H and O–H groups in total. The van der Waals surface area contributed by atoms with Gasteiger partial charge in [-0.2, -0.15) is 0 Å². The minimum atomic E-state index is -0.679. The molecule has 4 amide bonds. The van der Waals surface area contributed by atoms with Crippen LogP contribution in [-0.2, 0) is 66.7 Å². The average Bonchev–Trinajstić information content (AvgIpc) is 3.60. The van der Waals surface area contributed by atoms with Gasteiger partial charge in [0.1, 0.15) is 0 Å². The molecule has 0 unspecified atom stereocenters. The van der Waals surface area contributed by atoms with Gasteiger partial charge in [0.25, 0.3) is 17.7 Å². The lowest BCUT2D eigenvalue weighted by atomic mass is 10.3. The number of hydroxylamine groups is 2. The monoisotopic (exact) mass is 717 g/mol. The van der Waals surface area contributed by atoms with E-state index < -0.39 is 17.8 Å². The molecule has 1 fully saturated rings. The molecule has 0 aliphatic carbocycles. The van der Waals surface area contributed by atoms with E-state index in [1.807, 2.05) is 13.8 Å². The van der Waals surface area contributed by atoms with Crippen molar-refractivity contribution >= 4 is 29.6 Å². The number of nitrogens with one attached hydrogen (secondary N) is 1. The average molecular weight is 718 g/mol. The quantitative estimate of drug-likeness (QED) is 0.0802. The van der Waals surface area contributed by atoms with E-state index in [2.05, 4.69) is 11.9 Å². The van der Waals surface area contributed by atoms with Crippen LogP contribution in [0.15, 0.2) is 24.4 Å². The number of hydrogen-bond donors (Lipinski definition) is 1. The van der Waals surface area contributed by atoms with Gasteiger partial charge in [-0.15, -0.1) is 5.06 Å². The van der Waals surface area contributed by atoms with Crippen molar-refractivity contribution in [3.63, 3.8) is 0 Å². The van der Waals surface area contributed by atoms with Crippen molar-refractivity contribution in [2.75, 3.05) is 119 Å². The first kappa shape index (κ1) is 44.7. The number of carbonyl (C=O) groups is 5. The van der Waals surface area contributed by atoms with Crippen molar-refractivity contribution in [2.45, 2.75) is 39.5 Å². The Balaban J connectivity index is 0.000000502. The number of allylic oxidation sites excluding steroid dienone is 1. The standard InChI is InChI=1S/C18H30N2O6.C15H25NO8/c1-3-23-10-11-25-14-15-26-13-12-24-9-7-19-17(21)6-8-20-16(2)4-5-18(20)22;1-2-20-7-8-22-11-12-23-10-9-21-6-5-15(19)24-16-13(17)3-4-14(16)18/h4-5H,2-3,6-15H2,1H3,(H,19,21);2-12H2,1H3. The van der Waals surface area contributed by atoms with Crippen molar-refractivity contribution in [1.29, 1.82) is 0 Å². The summed E-state index contributed by atoms with van der Waals surface area (Å²) < 4.78 is 42.0. The predicted octanol–water partition coefficient (Wildman–Crippen LogP) is 0.561. The van der Waals surface area contributed by atoms with Crippen molar-refractivity contribution < 1.29 is 66.7 Å².